The lowest BCUT2D eigenvalue weighted by molar-refractivity contribution is 0.291. The predicted octanol–water partition coefficient (Wildman–Crippen LogP) is 14.8. The summed E-state index contributed by atoms with van der Waals surface area (Å²) in [6.45, 7) is 37.9. The Balaban J connectivity index is 0.000000105. The first-order valence-electron chi connectivity index (χ1n) is 50.6. The molecule has 0 atom stereocenters. The third-order valence-corrected chi connectivity index (χ3v) is 28.6. The number of anilines is 1. The van der Waals surface area contributed by atoms with Crippen LogP contribution in [0.15, 0.2) is 236 Å². The van der Waals surface area contributed by atoms with Gasteiger partial charge in [0.15, 0.2) is 11.3 Å². The lowest BCUT2D eigenvalue weighted by Gasteiger charge is -2.29. The smallest absolute Gasteiger partial charge is 0.258 e. The summed E-state index contributed by atoms with van der Waals surface area (Å²) in [7, 11) is 2.11. The minimum absolute atomic E-state index is 0.0888. The van der Waals surface area contributed by atoms with Crippen molar-refractivity contribution in [1.82, 2.24) is 135 Å². The summed E-state index contributed by atoms with van der Waals surface area (Å²) in [5.41, 5.74) is 32.2. The average molecular weight is 1980 g/mol. The lowest BCUT2D eigenvalue weighted by atomic mass is 9.99. The van der Waals surface area contributed by atoms with Crippen molar-refractivity contribution < 1.29 is 4.42 Å². The van der Waals surface area contributed by atoms with E-state index in [0.717, 1.165) is 241 Å². The van der Waals surface area contributed by atoms with Gasteiger partial charge in [-0.05, 0) is 269 Å². The van der Waals surface area contributed by atoms with Crippen molar-refractivity contribution in [1.29, 1.82) is 0 Å². The van der Waals surface area contributed by atoms with Gasteiger partial charge >= 0.3 is 0 Å². The van der Waals surface area contributed by atoms with E-state index >= 15 is 0 Å². The first-order valence-corrected chi connectivity index (χ1v) is 50.6. The molecule has 0 aromatic carbocycles. The zero-order valence-electron chi connectivity index (χ0n) is 85.3. The molecule has 26 rings (SSSR count). The van der Waals surface area contributed by atoms with E-state index in [1.807, 2.05) is 201 Å². The van der Waals surface area contributed by atoms with Crippen LogP contribution in [0.3, 0.4) is 0 Å². The summed E-state index contributed by atoms with van der Waals surface area (Å²) in [6.07, 6.45) is 36.3. The maximum absolute atomic E-state index is 13.1. The number of nitrogens with one attached hydrogen (secondary N) is 1. The molecule has 0 spiro atoms. The predicted molar refractivity (Wildman–Crippen MR) is 577 cm³/mol. The van der Waals surface area contributed by atoms with Crippen LogP contribution in [0.1, 0.15) is 131 Å². The fourth-order valence-electron chi connectivity index (χ4n) is 20.3. The van der Waals surface area contributed by atoms with Crippen molar-refractivity contribution in [3.63, 3.8) is 0 Å². The Bertz CT molecular complexity index is 9180. The van der Waals surface area contributed by atoms with Gasteiger partial charge < -0.3 is 19.5 Å². The molecule has 1 saturated heterocycles. The molecule has 6 aliphatic rings. The molecule has 0 amide bonds. The maximum atomic E-state index is 13.1. The Morgan fingerprint density at radius 1 is 0.358 bits per heavy atom. The molecule has 148 heavy (non-hydrogen) atoms. The molecule has 0 unspecified atom stereocenters. The Morgan fingerprint density at radius 3 is 1.25 bits per heavy atom. The lowest BCUT2D eigenvalue weighted by Crippen LogP contribution is -2.43. The number of nitrogens with zero attached hydrogens (tertiary/aromatic N) is 28. The second-order valence-corrected chi connectivity index (χ2v) is 39.3. The van der Waals surface area contributed by atoms with Gasteiger partial charge in [-0.2, -0.15) is 20.4 Å². The van der Waals surface area contributed by atoms with Gasteiger partial charge in [0, 0.05) is 157 Å². The van der Waals surface area contributed by atoms with Crippen molar-refractivity contribution in [3.8, 4) is 57.0 Å². The van der Waals surface area contributed by atoms with Crippen LogP contribution in [0.2, 0.25) is 0 Å². The molecule has 0 radical (unpaired) electrons. The Morgan fingerprint density at radius 2 is 0.777 bits per heavy atom. The number of aryl methyl sites for hydroxylation is 10. The first-order chi connectivity index (χ1) is 71.6. The molecule has 1 saturated carbocycles. The molecule has 20 aromatic rings. The summed E-state index contributed by atoms with van der Waals surface area (Å²) in [5, 5.41) is 22.7. The van der Waals surface area contributed by atoms with Gasteiger partial charge in [-0.25, -0.2) is 43.0 Å². The number of furan rings is 1. The van der Waals surface area contributed by atoms with Crippen LogP contribution in [-0.4, -0.2) is 235 Å². The van der Waals surface area contributed by atoms with E-state index in [-0.39, 0.29) is 27.8 Å². The van der Waals surface area contributed by atoms with E-state index in [2.05, 4.69) is 153 Å². The van der Waals surface area contributed by atoms with Gasteiger partial charge in [0.05, 0.1) is 128 Å². The molecule has 5 aliphatic heterocycles. The van der Waals surface area contributed by atoms with Crippen LogP contribution < -0.4 is 38.0 Å². The SMILES string of the molecule is CCN1CC=C(c2cc(C)c3nc(-c4cc5c(C)nc(C)cn5n4)cc(=O)n3c2)CC1.CCN1CC=C(c2ccc3nc(-c4cc5cnc(C)cn5n4)cc(=O)n3c2)CC1.Cc1cc2cc(-c3cc(=O)n4cc(N5CCNCC5)ccc4n3)oc2c(C)n1.Cc1cn2nc(-c3cc(=O)n4cc(C5=CCN(C)CC5)ccc4n3)cc2cn1.Cc1cn2nc(-c3cc(=O)n4cc(C5=CCN(C6CC6)CC5)cc(C)c4n3)cc2c(C)n1. The molecule has 35 heteroatoms. The quantitative estimate of drug-likeness (QED) is 0.112. The normalized spacial score (nSPS) is 15.6. The Kier molecular flexibility index (Phi) is 26.1. The highest BCUT2D eigenvalue weighted by Gasteiger charge is 2.31. The summed E-state index contributed by atoms with van der Waals surface area (Å²) < 4.78 is 21.3. The molecule has 25 heterocycles. The van der Waals surface area contributed by atoms with Crippen LogP contribution in [0, 0.1) is 69.2 Å². The summed E-state index contributed by atoms with van der Waals surface area (Å²) in [6, 6.07) is 36.3. The monoisotopic (exact) mass is 1970 g/mol. The highest BCUT2D eigenvalue weighted by atomic mass is 16.3. The number of aromatic nitrogens is 23. The number of likely N-dealkylation sites (N-methyl/N-ethyl adjacent to an activating group) is 3. The zero-order valence-corrected chi connectivity index (χ0v) is 85.3. The fraction of sp³-hybridized carbons (Fsp3) is 0.301. The summed E-state index contributed by atoms with van der Waals surface area (Å²) >= 11 is 0. The topological polar surface area (TPSA) is 347 Å². The highest BCUT2D eigenvalue weighted by Crippen LogP contribution is 2.36. The van der Waals surface area contributed by atoms with Crippen LogP contribution >= 0.6 is 0 Å². The van der Waals surface area contributed by atoms with Gasteiger partial charge in [-0.15, -0.1) is 0 Å². The van der Waals surface area contributed by atoms with Crippen LogP contribution in [0.25, 0.3) is 141 Å². The van der Waals surface area contributed by atoms with E-state index in [0.29, 0.717) is 85.2 Å². The summed E-state index contributed by atoms with van der Waals surface area (Å²) in [5.74, 6) is 0.580. The van der Waals surface area contributed by atoms with Gasteiger partial charge in [0.25, 0.3) is 27.8 Å². The fourth-order valence-corrected chi connectivity index (χ4v) is 20.3. The zero-order chi connectivity index (χ0) is 102. The van der Waals surface area contributed by atoms with Crippen molar-refractivity contribution in [2.75, 3.05) is 104 Å². The van der Waals surface area contributed by atoms with E-state index in [1.54, 1.807) is 67.7 Å². The van der Waals surface area contributed by atoms with E-state index < -0.39 is 0 Å². The third kappa shape index (κ3) is 19.9. The largest absolute Gasteiger partial charge is 0.453 e. The Hall–Kier alpha value is -16.5. The van der Waals surface area contributed by atoms with Crippen molar-refractivity contribution in [2.24, 2.45) is 0 Å². The maximum Gasteiger partial charge on any atom is 0.258 e. The van der Waals surface area contributed by atoms with Gasteiger partial charge in [0.1, 0.15) is 56.7 Å². The molecule has 35 nitrogen and oxygen atoms in total. The Labute approximate surface area is 850 Å². The minimum Gasteiger partial charge on any atom is -0.453 e. The van der Waals surface area contributed by atoms with Crippen molar-refractivity contribution in [2.45, 2.75) is 128 Å². The number of hydrogen-bond donors (Lipinski definition) is 1. The second kappa shape index (κ2) is 40.2. The van der Waals surface area contributed by atoms with E-state index in [4.69, 9.17) is 14.4 Å². The molecular formula is C113H115N29O6. The highest BCUT2D eigenvalue weighted by molar-refractivity contribution is 5.85. The summed E-state index contributed by atoms with van der Waals surface area (Å²) in [4.78, 5) is 122. The standard InChI is InChI=1S/C25H26N6O.C24H26N6O.C22H22N6O.C21H20N6O.C21H21N5O2/c1-15-10-19(18-6-8-29(9-7-18)20-4-5-20)14-30-24(32)12-21(27-25(15)30)22-11-23-17(3)26-16(2)13-31(23)28-22;1-5-28-8-6-18(7-9-28)19-10-15(2)24-26-20(12-23(31)29(24)14-19)21-11-22-17(4)25-16(3)13-30(22)27-21;1-3-26-8-6-16(7-9-26)17-4-5-21-24-19(11-22(29)27(21)14-17)20-10-18-12-23-15(2)13-28(18)25-20;1-14-12-27-17(11-22-14)9-19(24-27)18-10-21(28)26-13-16(3-4-20(26)23-18)15-5-7-25(2)8-6-15;1-13-9-15-10-18(28-21(15)14(2)23-13)17-11-20(27)26-12-16(3-4-19(26)24-17)25-7-5-22-6-8-25/h6,10-14,20H,4-5,7-9H2,1-3H3;6,10-14H,5,7-9H2,1-4H3;4-6,10-14H,3,7-9H2,1-2H3;3-5,9-13H,6-8H2,1-2H3;3-4,9-12,22H,5-8H2,1-2H3. The molecule has 748 valence electrons. The van der Waals surface area contributed by atoms with Gasteiger partial charge in [-0.1, -0.05) is 38.2 Å². The molecular weight excluding hydrogens is 1860 g/mol. The number of rotatable bonds is 13. The number of hydrogen-bond acceptors (Lipinski definition) is 26. The number of pyridine rings is 6. The van der Waals surface area contributed by atoms with E-state index in [9.17, 15) is 24.0 Å². The molecule has 1 N–H and O–H groups in total. The van der Waals surface area contributed by atoms with E-state index in [1.165, 1.54) is 41.2 Å². The molecule has 0 bridgehead atoms. The van der Waals surface area contributed by atoms with Crippen LogP contribution in [0.4, 0.5) is 5.69 Å². The molecule has 2 fully saturated rings. The van der Waals surface area contributed by atoms with Crippen LogP contribution in [0.5, 0.6) is 0 Å². The number of fused-ring (bicyclic) bond motifs is 10. The van der Waals surface area contributed by atoms with Crippen molar-refractivity contribution in [3.05, 3.63) is 338 Å². The third-order valence-electron chi connectivity index (χ3n) is 28.6. The second-order valence-electron chi connectivity index (χ2n) is 39.3. The van der Waals surface area contributed by atoms with Gasteiger partial charge in [0.2, 0.25) is 0 Å². The number of piperazine rings is 1. The van der Waals surface area contributed by atoms with Crippen molar-refractivity contribution >= 4 is 89.3 Å². The van der Waals surface area contributed by atoms with Crippen LogP contribution in [-0.2, 0) is 0 Å². The minimum atomic E-state index is -0.122. The average Bonchev–Trinajstić information content (AvgIpc) is 1.27. The van der Waals surface area contributed by atoms with Gasteiger partial charge in [-0.3, -0.25) is 85.6 Å². The first kappa shape index (κ1) is 96.3. The molecule has 1 aliphatic carbocycles. The molecule has 20 aromatic heterocycles.